The van der Waals surface area contributed by atoms with E-state index < -0.39 is 0 Å². The summed E-state index contributed by atoms with van der Waals surface area (Å²) in [5.41, 5.74) is 1.09. The lowest BCUT2D eigenvalue weighted by atomic mass is 10.0. The van der Waals surface area contributed by atoms with Crippen LogP contribution in [0, 0.1) is 0 Å². The number of nitrogens with one attached hydrogen (secondary N) is 1. The van der Waals surface area contributed by atoms with Crippen molar-refractivity contribution in [2.75, 3.05) is 26.2 Å². The molecule has 1 aromatic rings. The number of aromatic nitrogens is 1. The van der Waals surface area contributed by atoms with Gasteiger partial charge in [0, 0.05) is 38.6 Å². The van der Waals surface area contributed by atoms with Crippen molar-refractivity contribution in [2.24, 2.45) is 0 Å². The molecule has 0 saturated carbocycles. The Kier molecular flexibility index (Phi) is 5.96. The number of carbonyl (C=O) groups excluding carboxylic acids is 1. The summed E-state index contributed by atoms with van der Waals surface area (Å²) in [5, 5.41) is 3.36. The molecule has 2 unspecified atom stereocenters. The van der Waals surface area contributed by atoms with Crippen LogP contribution >= 0.6 is 12.4 Å². The minimum atomic E-state index is -0.249. The Hall–Kier alpha value is -1.17. The fraction of sp³-hybridized carbons (Fsp3) is 0.600. The van der Waals surface area contributed by atoms with Gasteiger partial charge in [0.15, 0.2) is 0 Å². The lowest BCUT2D eigenvalue weighted by Crippen LogP contribution is -2.52. The maximum atomic E-state index is 12.7. The van der Waals surface area contributed by atoms with Crippen LogP contribution in [0.4, 0.5) is 0 Å². The zero-order valence-corrected chi connectivity index (χ0v) is 12.8. The highest BCUT2D eigenvalue weighted by atomic mass is 35.5. The number of amides is 1. The zero-order chi connectivity index (χ0) is 13.8. The first kappa shape index (κ1) is 16.2. The van der Waals surface area contributed by atoms with Gasteiger partial charge in [-0.3, -0.25) is 9.78 Å². The zero-order valence-electron chi connectivity index (χ0n) is 12.0. The summed E-state index contributed by atoms with van der Waals surface area (Å²) >= 11 is 0. The number of ether oxygens (including phenoxy) is 1. The van der Waals surface area contributed by atoms with Gasteiger partial charge in [0.1, 0.15) is 6.10 Å². The normalized spacial score (nSPS) is 26.0. The van der Waals surface area contributed by atoms with Gasteiger partial charge < -0.3 is 15.0 Å². The second kappa shape index (κ2) is 7.73. The summed E-state index contributed by atoms with van der Waals surface area (Å²) in [4.78, 5) is 18.8. The van der Waals surface area contributed by atoms with E-state index >= 15 is 0 Å². The Balaban J connectivity index is 0.00000161. The first-order valence-electron chi connectivity index (χ1n) is 7.39. The highest BCUT2D eigenvalue weighted by Crippen LogP contribution is 2.24. The molecule has 1 N–H and O–H groups in total. The number of pyridine rings is 1. The number of piperazine rings is 1. The Labute approximate surface area is 131 Å². The molecule has 1 aromatic heterocycles. The smallest absolute Gasteiger partial charge is 0.252 e. The molecule has 0 radical (unpaired) electrons. The van der Waals surface area contributed by atoms with E-state index in [1.165, 1.54) is 0 Å². The van der Waals surface area contributed by atoms with Crippen LogP contribution < -0.4 is 5.32 Å². The molecule has 2 aliphatic rings. The van der Waals surface area contributed by atoms with Gasteiger partial charge in [-0.2, -0.15) is 0 Å². The van der Waals surface area contributed by atoms with Crippen molar-refractivity contribution in [3.8, 4) is 0 Å². The fourth-order valence-corrected chi connectivity index (χ4v) is 2.96. The number of rotatable bonds is 2. The SMILES string of the molecule is Cl.O=C(C1CCCCO1)N1CCNCC1c1cccnc1. The molecule has 1 amide bonds. The predicted molar refractivity (Wildman–Crippen MR) is 82.4 cm³/mol. The van der Waals surface area contributed by atoms with Crippen molar-refractivity contribution in [3.05, 3.63) is 30.1 Å². The van der Waals surface area contributed by atoms with E-state index in [2.05, 4.69) is 10.3 Å². The van der Waals surface area contributed by atoms with E-state index in [4.69, 9.17) is 4.74 Å². The lowest BCUT2D eigenvalue weighted by molar-refractivity contribution is -0.150. The first-order chi connectivity index (χ1) is 9.86. The quantitative estimate of drug-likeness (QED) is 0.900. The van der Waals surface area contributed by atoms with Crippen molar-refractivity contribution in [1.29, 1.82) is 0 Å². The third kappa shape index (κ3) is 3.73. The van der Waals surface area contributed by atoms with Crippen molar-refractivity contribution >= 4 is 18.3 Å². The number of hydrogen-bond donors (Lipinski definition) is 1. The molecular weight excluding hydrogens is 290 g/mol. The topological polar surface area (TPSA) is 54.5 Å². The molecule has 3 heterocycles. The Morgan fingerprint density at radius 2 is 2.33 bits per heavy atom. The predicted octanol–water partition coefficient (Wildman–Crippen LogP) is 1.55. The van der Waals surface area contributed by atoms with Crippen LogP contribution in [0.1, 0.15) is 30.9 Å². The maximum absolute atomic E-state index is 12.7. The summed E-state index contributed by atoms with van der Waals surface area (Å²) in [7, 11) is 0. The monoisotopic (exact) mass is 311 g/mol. The second-order valence-corrected chi connectivity index (χ2v) is 5.39. The fourth-order valence-electron chi connectivity index (χ4n) is 2.96. The van der Waals surface area contributed by atoms with E-state index in [0.29, 0.717) is 6.61 Å². The summed E-state index contributed by atoms with van der Waals surface area (Å²) in [6.07, 6.45) is 6.36. The van der Waals surface area contributed by atoms with Crippen LogP contribution in [-0.2, 0) is 9.53 Å². The number of hydrogen-bond acceptors (Lipinski definition) is 4. The average molecular weight is 312 g/mol. The third-order valence-electron chi connectivity index (χ3n) is 4.05. The molecular formula is C15H22ClN3O2. The van der Waals surface area contributed by atoms with Crippen molar-refractivity contribution < 1.29 is 9.53 Å². The minimum absolute atomic E-state index is 0. The van der Waals surface area contributed by atoms with Gasteiger partial charge >= 0.3 is 0 Å². The van der Waals surface area contributed by atoms with E-state index in [-0.39, 0.29) is 30.5 Å². The number of halogens is 1. The van der Waals surface area contributed by atoms with E-state index in [1.54, 1.807) is 6.20 Å². The van der Waals surface area contributed by atoms with Gasteiger partial charge in [0.2, 0.25) is 0 Å². The summed E-state index contributed by atoms with van der Waals surface area (Å²) < 4.78 is 5.65. The molecule has 2 atom stereocenters. The molecule has 21 heavy (non-hydrogen) atoms. The van der Waals surface area contributed by atoms with Crippen molar-refractivity contribution in [2.45, 2.75) is 31.4 Å². The summed E-state index contributed by atoms with van der Waals surface area (Å²) in [5.74, 6) is 0.139. The molecule has 2 saturated heterocycles. The molecule has 116 valence electrons. The second-order valence-electron chi connectivity index (χ2n) is 5.39. The third-order valence-corrected chi connectivity index (χ3v) is 4.05. The lowest BCUT2D eigenvalue weighted by Gasteiger charge is -2.38. The van der Waals surface area contributed by atoms with E-state index in [9.17, 15) is 4.79 Å². The minimum Gasteiger partial charge on any atom is -0.368 e. The van der Waals surface area contributed by atoms with Crippen molar-refractivity contribution in [1.82, 2.24) is 15.2 Å². The van der Waals surface area contributed by atoms with Gasteiger partial charge in [-0.05, 0) is 30.9 Å². The summed E-state index contributed by atoms with van der Waals surface area (Å²) in [6.45, 7) is 3.07. The Morgan fingerprint density at radius 3 is 3.05 bits per heavy atom. The van der Waals surface area contributed by atoms with Crippen LogP contribution in [0.25, 0.3) is 0 Å². The van der Waals surface area contributed by atoms with Crippen LogP contribution in [-0.4, -0.2) is 48.1 Å². The Morgan fingerprint density at radius 1 is 1.43 bits per heavy atom. The van der Waals surface area contributed by atoms with Gasteiger partial charge in [-0.1, -0.05) is 6.07 Å². The van der Waals surface area contributed by atoms with Gasteiger partial charge in [-0.15, -0.1) is 12.4 Å². The van der Waals surface area contributed by atoms with Gasteiger partial charge in [-0.25, -0.2) is 0 Å². The molecule has 0 aliphatic carbocycles. The molecule has 0 aromatic carbocycles. The molecule has 0 spiro atoms. The van der Waals surface area contributed by atoms with Crippen LogP contribution in [0.2, 0.25) is 0 Å². The van der Waals surface area contributed by atoms with E-state index in [0.717, 1.165) is 44.5 Å². The molecule has 2 aliphatic heterocycles. The number of nitrogens with zero attached hydrogens (tertiary/aromatic N) is 2. The molecule has 5 nitrogen and oxygen atoms in total. The highest BCUT2D eigenvalue weighted by Gasteiger charge is 2.33. The van der Waals surface area contributed by atoms with Crippen molar-refractivity contribution in [3.63, 3.8) is 0 Å². The van der Waals surface area contributed by atoms with Gasteiger partial charge in [0.25, 0.3) is 5.91 Å². The maximum Gasteiger partial charge on any atom is 0.252 e. The molecule has 2 fully saturated rings. The standard InChI is InChI=1S/C15H21N3O2.ClH/c19-15(14-5-1-2-9-20-14)18-8-7-17-11-13(18)12-4-3-6-16-10-12;/h3-4,6,10,13-14,17H,1-2,5,7-9,11H2;1H. The molecule has 0 bridgehead atoms. The average Bonchev–Trinajstić information content (AvgIpc) is 2.56. The molecule has 6 heteroatoms. The van der Waals surface area contributed by atoms with Crippen LogP contribution in [0.3, 0.4) is 0 Å². The Bertz CT molecular complexity index is 451. The number of carbonyl (C=O) groups is 1. The molecule has 3 rings (SSSR count). The van der Waals surface area contributed by atoms with Crippen LogP contribution in [0.15, 0.2) is 24.5 Å². The summed E-state index contributed by atoms with van der Waals surface area (Å²) in [6, 6.07) is 4.02. The first-order valence-corrected chi connectivity index (χ1v) is 7.39. The van der Waals surface area contributed by atoms with E-state index in [1.807, 2.05) is 23.2 Å². The van der Waals surface area contributed by atoms with Crippen LogP contribution in [0.5, 0.6) is 0 Å². The highest BCUT2D eigenvalue weighted by molar-refractivity contribution is 5.85. The largest absolute Gasteiger partial charge is 0.368 e. The van der Waals surface area contributed by atoms with Gasteiger partial charge in [0.05, 0.1) is 6.04 Å².